The van der Waals surface area contributed by atoms with Crippen LogP contribution < -0.4 is 9.47 Å². The van der Waals surface area contributed by atoms with Crippen LogP contribution in [0.2, 0.25) is 0 Å². The van der Waals surface area contributed by atoms with Gasteiger partial charge in [0.1, 0.15) is 0 Å². The van der Waals surface area contributed by atoms with Gasteiger partial charge in [0.05, 0.1) is 13.7 Å². The van der Waals surface area contributed by atoms with Gasteiger partial charge in [-0.15, -0.1) is 0 Å². The molecule has 0 aliphatic rings. The van der Waals surface area contributed by atoms with Crippen LogP contribution in [0.15, 0.2) is 23.8 Å². The largest absolute Gasteiger partial charge is 0.493 e. The zero-order valence-corrected chi connectivity index (χ0v) is 11.9. The summed E-state index contributed by atoms with van der Waals surface area (Å²) in [5.74, 6) is 0.290. The van der Waals surface area contributed by atoms with Crippen molar-refractivity contribution in [2.24, 2.45) is 0 Å². The molecule has 0 unspecified atom stereocenters. The molecular weight excluding hydrogens is 300 g/mol. The summed E-state index contributed by atoms with van der Waals surface area (Å²) < 4.78 is 10.7. The van der Waals surface area contributed by atoms with E-state index in [1.807, 2.05) is 0 Å². The molecule has 0 aliphatic heterocycles. The van der Waals surface area contributed by atoms with Crippen LogP contribution in [0.3, 0.4) is 0 Å². The highest BCUT2D eigenvalue weighted by atomic mass is 79.9. The first kappa shape index (κ1) is 14.6. The number of hydrogen-bond acceptors (Lipinski definition) is 3. The first-order valence-corrected chi connectivity index (χ1v) is 6.49. The van der Waals surface area contributed by atoms with E-state index >= 15 is 0 Å². The van der Waals surface area contributed by atoms with Crippen molar-refractivity contribution in [3.63, 3.8) is 0 Å². The molecule has 0 aliphatic carbocycles. The van der Waals surface area contributed by atoms with Crippen molar-refractivity contribution in [2.45, 2.75) is 6.92 Å². The Morgan fingerprint density at radius 3 is 2.72 bits per heavy atom. The molecule has 0 spiro atoms. The van der Waals surface area contributed by atoms with Gasteiger partial charge in [-0.1, -0.05) is 22.0 Å². The SMILES string of the molecule is COc1cc(C=C(C)C(=O)O)ccc1OCCBr. The minimum atomic E-state index is -0.936. The molecule has 0 heterocycles. The number of alkyl halides is 1. The van der Waals surface area contributed by atoms with Crippen molar-refractivity contribution in [1.29, 1.82) is 0 Å². The summed E-state index contributed by atoms with van der Waals surface area (Å²) >= 11 is 3.28. The molecule has 0 aromatic heterocycles. The maximum Gasteiger partial charge on any atom is 0.331 e. The number of benzene rings is 1. The Bertz CT molecular complexity index is 454. The van der Waals surface area contributed by atoms with E-state index in [-0.39, 0.29) is 5.57 Å². The molecule has 18 heavy (non-hydrogen) atoms. The Kier molecular flexibility index (Phi) is 5.71. The molecule has 0 bridgehead atoms. The highest BCUT2D eigenvalue weighted by Crippen LogP contribution is 2.28. The van der Waals surface area contributed by atoms with Crippen molar-refractivity contribution in [3.05, 3.63) is 29.3 Å². The lowest BCUT2D eigenvalue weighted by Crippen LogP contribution is -2.00. The number of hydrogen-bond donors (Lipinski definition) is 1. The van der Waals surface area contributed by atoms with E-state index in [9.17, 15) is 4.79 Å². The quantitative estimate of drug-likeness (QED) is 0.648. The van der Waals surface area contributed by atoms with Crippen LogP contribution in [-0.2, 0) is 4.79 Å². The minimum absolute atomic E-state index is 0.270. The van der Waals surface area contributed by atoms with E-state index in [0.29, 0.717) is 18.1 Å². The average Bonchev–Trinajstić information content (AvgIpc) is 2.36. The Morgan fingerprint density at radius 2 is 2.17 bits per heavy atom. The zero-order chi connectivity index (χ0) is 13.5. The Labute approximate surface area is 114 Å². The summed E-state index contributed by atoms with van der Waals surface area (Å²) in [6.07, 6.45) is 1.58. The summed E-state index contributed by atoms with van der Waals surface area (Å²) in [6.45, 7) is 2.09. The number of carboxylic acids is 1. The minimum Gasteiger partial charge on any atom is -0.493 e. The number of methoxy groups -OCH3 is 1. The summed E-state index contributed by atoms with van der Waals surface area (Å²) in [6, 6.07) is 5.30. The van der Waals surface area contributed by atoms with Crippen molar-refractivity contribution in [1.82, 2.24) is 0 Å². The first-order chi connectivity index (χ1) is 8.58. The molecule has 98 valence electrons. The second kappa shape index (κ2) is 7.06. The molecule has 0 saturated heterocycles. The van der Waals surface area contributed by atoms with Gasteiger partial charge in [-0.05, 0) is 30.7 Å². The molecule has 0 fully saturated rings. The topological polar surface area (TPSA) is 55.8 Å². The molecule has 4 nitrogen and oxygen atoms in total. The van der Waals surface area contributed by atoms with E-state index < -0.39 is 5.97 Å². The third-order valence-corrected chi connectivity index (χ3v) is 2.57. The van der Waals surface area contributed by atoms with Crippen molar-refractivity contribution in [3.8, 4) is 11.5 Å². The first-order valence-electron chi connectivity index (χ1n) is 5.37. The third kappa shape index (κ3) is 4.07. The average molecular weight is 315 g/mol. The van der Waals surface area contributed by atoms with Crippen LogP contribution in [0.5, 0.6) is 11.5 Å². The monoisotopic (exact) mass is 314 g/mol. The summed E-state index contributed by atoms with van der Waals surface area (Å²) in [4.78, 5) is 10.7. The van der Waals surface area contributed by atoms with Crippen LogP contribution in [0.1, 0.15) is 12.5 Å². The van der Waals surface area contributed by atoms with Gasteiger partial charge in [-0.25, -0.2) is 4.79 Å². The number of aliphatic carboxylic acids is 1. The second-order valence-corrected chi connectivity index (χ2v) is 4.37. The maximum absolute atomic E-state index is 10.7. The van der Waals surface area contributed by atoms with Crippen molar-refractivity contribution in [2.75, 3.05) is 19.0 Å². The standard InChI is InChI=1S/C13H15BrO4/c1-9(13(15)16)7-10-3-4-11(18-6-5-14)12(8-10)17-2/h3-4,7-8H,5-6H2,1-2H3,(H,15,16). The van der Waals surface area contributed by atoms with Crippen LogP contribution in [-0.4, -0.2) is 30.1 Å². The van der Waals surface area contributed by atoms with Crippen molar-refractivity contribution >= 4 is 28.0 Å². The fourth-order valence-electron chi connectivity index (χ4n) is 1.35. The fourth-order valence-corrected chi connectivity index (χ4v) is 1.52. The lowest BCUT2D eigenvalue weighted by molar-refractivity contribution is -0.132. The van der Waals surface area contributed by atoms with Crippen LogP contribution in [0, 0.1) is 0 Å². The fraction of sp³-hybridized carbons (Fsp3) is 0.308. The van der Waals surface area contributed by atoms with Crippen LogP contribution in [0.4, 0.5) is 0 Å². The molecule has 0 atom stereocenters. The summed E-state index contributed by atoms with van der Waals surface area (Å²) in [7, 11) is 1.55. The van der Waals surface area contributed by atoms with Gasteiger partial charge in [0.15, 0.2) is 11.5 Å². The van der Waals surface area contributed by atoms with Gasteiger partial charge in [0, 0.05) is 10.9 Å². The van der Waals surface area contributed by atoms with Gasteiger partial charge in [0.2, 0.25) is 0 Å². The highest BCUT2D eigenvalue weighted by Gasteiger charge is 2.06. The van der Waals surface area contributed by atoms with Crippen LogP contribution >= 0.6 is 15.9 Å². The van der Waals surface area contributed by atoms with E-state index in [1.54, 1.807) is 38.3 Å². The number of ether oxygens (including phenoxy) is 2. The molecule has 5 heteroatoms. The predicted molar refractivity (Wildman–Crippen MR) is 73.6 cm³/mol. The lowest BCUT2D eigenvalue weighted by Gasteiger charge is -2.10. The van der Waals surface area contributed by atoms with Crippen LogP contribution in [0.25, 0.3) is 6.08 Å². The molecule has 0 saturated carbocycles. The molecular formula is C13H15BrO4. The molecule has 0 amide bonds. The number of halogens is 1. The van der Waals surface area contributed by atoms with Gasteiger partial charge in [-0.2, -0.15) is 0 Å². The summed E-state index contributed by atoms with van der Waals surface area (Å²) in [5, 5.41) is 9.54. The van der Waals surface area contributed by atoms with Gasteiger partial charge < -0.3 is 14.6 Å². The number of carbonyl (C=O) groups is 1. The van der Waals surface area contributed by atoms with E-state index in [1.165, 1.54) is 0 Å². The zero-order valence-electron chi connectivity index (χ0n) is 10.3. The number of carboxylic acid groups (broad SMARTS) is 1. The third-order valence-electron chi connectivity index (χ3n) is 2.24. The van der Waals surface area contributed by atoms with Crippen molar-refractivity contribution < 1.29 is 19.4 Å². The molecule has 1 aromatic rings. The number of rotatable bonds is 6. The maximum atomic E-state index is 10.7. The Morgan fingerprint density at radius 1 is 1.44 bits per heavy atom. The highest BCUT2D eigenvalue weighted by molar-refractivity contribution is 9.09. The smallest absolute Gasteiger partial charge is 0.331 e. The van der Waals surface area contributed by atoms with Gasteiger partial charge in [0.25, 0.3) is 0 Å². The van der Waals surface area contributed by atoms with E-state index in [2.05, 4.69) is 15.9 Å². The molecule has 1 N–H and O–H groups in total. The lowest BCUT2D eigenvalue weighted by atomic mass is 10.1. The molecule has 1 rings (SSSR count). The van der Waals surface area contributed by atoms with Gasteiger partial charge in [-0.3, -0.25) is 0 Å². The normalized spacial score (nSPS) is 11.2. The summed E-state index contributed by atoms with van der Waals surface area (Å²) in [5.41, 5.74) is 1.03. The van der Waals surface area contributed by atoms with E-state index in [4.69, 9.17) is 14.6 Å². The van der Waals surface area contributed by atoms with E-state index in [0.717, 1.165) is 10.9 Å². The second-order valence-electron chi connectivity index (χ2n) is 3.58. The van der Waals surface area contributed by atoms with Gasteiger partial charge >= 0.3 is 5.97 Å². The predicted octanol–water partition coefficient (Wildman–Crippen LogP) is 2.96. The molecule has 1 aromatic carbocycles. The Balaban J connectivity index is 2.98. The molecule has 0 radical (unpaired) electrons. The Hall–Kier alpha value is -1.49.